The highest BCUT2D eigenvalue weighted by Gasteiger charge is 2.17. The van der Waals surface area contributed by atoms with Gasteiger partial charge >= 0.3 is 5.97 Å². The lowest BCUT2D eigenvalue weighted by atomic mass is 10.1. The molecule has 2 aromatic carbocycles. The first-order valence-corrected chi connectivity index (χ1v) is 8.88. The van der Waals surface area contributed by atoms with Crippen LogP contribution in [0.25, 0.3) is 0 Å². The van der Waals surface area contributed by atoms with E-state index in [4.69, 9.17) is 14.6 Å². The Bertz CT molecular complexity index is 811. The van der Waals surface area contributed by atoms with Crippen LogP contribution in [0.4, 0.5) is 0 Å². The number of ether oxygens (including phenoxy) is 2. The van der Waals surface area contributed by atoms with Crippen LogP contribution < -0.4 is 4.74 Å². The number of allylic oxidation sites excluding steroid dienone is 1. The van der Waals surface area contributed by atoms with E-state index in [2.05, 4.69) is 11.8 Å². The number of aliphatic carboxylic acids is 1. The highest BCUT2D eigenvalue weighted by molar-refractivity contribution is 5.72. The summed E-state index contributed by atoms with van der Waals surface area (Å²) in [6, 6.07) is 17.2. The summed E-state index contributed by atoms with van der Waals surface area (Å²) in [4.78, 5) is 11.1. The molecule has 140 valence electrons. The molecule has 2 rings (SSSR count). The Morgan fingerprint density at radius 2 is 1.85 bits per heavy atom. The summed E-state index contributed by atoms with van der Waals surface area (Å²) in [5.74, 6) is 5.98. The van der Waals surface area contributed by atoms with Gasteiger partial charge in [-0.1, -0.05) is 42.2 Å². The monoisotopic (exact) mass is 364 g/mol. The largest absolute Gasteiger partial charge is 0.490 e. The van der Waals surface area contributed by atoms with Crippen LogP contribution in [-0.4, -0.2) is 30.4 Å². The van der Waals surface area contributed by atoms with E-state index in [-0.39, 0.29) is 0 Å². The van der Waals surface area contributed by atoms with E-state index in [9.17, 15) is 4.79 Å². The van der Waals surface area contributed by atoms with Gasteiger partial charge in [-0.05, 0) is 55.3 Å². The molecule has 0 aliphatic rings. The highest BCUT2D eigenvalue weighted by atomic mass is 16.5. The van der Waals surface area contributed by atoms with Gasteiger partial charge in [0.15, 0.2) is 6.10 Å². The van der Waals surface area contributed by atoms with Crippen LogP contribution in [0, 0.1) is 11.8 Å². The summed E-state index contributed by atoms with van der Waals surface area (Å²) < 4.78 is 10.9. The number of benzene rings is 2. The molecule has 0 radical (unpaired) electrons. The van der Waals surface area contributed by atoms with Crippen molar-refractivity contribution in [2.45, 2.75) is 26.4 Å². The van der Waals surface area contributed by atoms with Crippen LogP contribution in [0.15, 0.2) is 66.2 Å². The van der Waals surface area contributed by atoms with Crippen molar-refractivity contribution in [2.24, 2.45) is 0 Å². The van der Waals surface area contributed by atoms with Gasteiger partial charge < -0.3 is 14.6 Å². The molecule has 27 heavy (non-hydrogen) atoms. The van der Waals surface area contributed by atoms with Crippen molar-refractivity contribution < 1.29 is 19.4 Å². The molecule has 2 aromatic rings. The van der Waals surface area contributed by atoms with Crippen molar-refractivity contribution in [3.05, 3.63) is 77.4 Å². The van der Waals surface area contributed by atoms with Crippen molar-refractivity contribution in [3.8, 4) is 17.6 Å². The van der Waals surface area contributed by atoms with Gasteiger partial charge in [0.25, 0.3) is 0 Å². The minimum Gasteiger partial charge on any atom is -0.490 e. The fourth-order valence-corrected chi connectivity index (χ4v) is 2.36. The van der Waals surface area contributed by atoms with Gasteiger partial charge in [-0.2, -0.15) is 0 Å². The molecule has 4 heteroatoms. The molecule has 0 aliphatic heterocycles. The molecule has 0 fully saturated rings. The Balaban J connectivity index is 1.86. The Morgan fingerprint density at radius 3 is 2.48 bits per heavy atom. The van der Waals surface area contributed by atoms with E-state index in [1.54, 1.807) is 6.92 Å². The number of carboxylic acids is 1. The lowest BCUT2D eigenvalue weighted by Crippen LogP contribution is -2.26. The van der Waals surface area contributed by atoms with Gasteiger partial charge in [-0.25, -0.2) is 4.79 Å². The van der Waals surface area contributed by atoms with Gasteiger partial charge in [0.2, 0.25) is 0 Å². The number of carbonyl (C=O) groups is 1. The smallest absolute Gasteiger partial charge is 0.333 e. The lowest BCUT2D eigenvalue weighted by molar-refractivity contribution is -0.149. The third-order valence-corrected chi connectivity index (χ3v) is 3.81. The molecule has 0 saturated heterocycles. The summed E-state index contributed by atoms with van der Waals surface area (Å²) in [5.41, 5.74) is 2.81. The zero-order valence-electron chi connectivity index (χ0n) is 15.6. The van der Waals surface area contributed by atoms with E-state index in [1.807, 2.05) is 67.6 Å². The van der Waals surface area contributed by atoms with Crippen LogP contribution >= 0.6 is 0 Å². The molecule has 0 heterocycles. The number of rotatable bonds is 8. The van der Waals surface area contributed by atoms with Crippen molar-refractivity contribution in [1.29, 1.82) is 0 Å². The molecule has 0 bridgehead atoms. The minimum atomic E-state index is -0.950. The van der Waals surface area contributed by atoms with Crippen LogP contribution in [0.5, 0.6) is 5.75 Å². The second-order valence-corrected chi connectivity index (χ2v) is 5.94. The summed E-state index contributed by atoms with van der Waals surface area (Å²) >= 11 is 0. The van der Waals surface area contributed by atoms with Gasteiger partial charge in [0, 0.05) is 18.6 Å². The molecule has 0 aromatic heterocycles. The van der Waals surface area contributed by atoms with E-state index in [1.165, 1.54) is 0 Å². The van der Waals surface area contributed by atoms with E-state index in [0.717, 1.165) is 22.4 Å². The highest BCUT2D eigenvalue weighted by Crippen LogP contribution is 2.15. The summed E-state index contributed by atoms with van der Waals surface area (Å²) in [5, 5.41) is 9.14. The maximum absolute atomic E-state index is 11.1. The quantitative estimate of drug-likeness (QED) is 0.717. The molecular formula is C23H24O4. The van der Waals surface area contributed by atoms with Gasteiger partial charge in [-0.15, -0.1) is 0 Å². The van der Waals surface area contributed by atoms with Gasteiger partial charge in [0.05, 0.1) is 0 Å². The number of carboxylic acid groups (broad SMARTS) is 1. The molecule has 0 aliphatic carbocycles. The van der Waals surface area contributed by atoms with E-state index in [0.29, 0.717) is 19.6 Å². The maximum atomic E-state index is 11.1. The average molecular weight is 364 g/mol. The predicted molar refractivity (Wildman–Crippen MR) is 106 cm³/mol. The molecule has 1 atom stereocenters. The van der Waals surface area contributed by atoms with Crippen LogP contribution in [-0.2, 0) is 16.0 Å². The minimum absolute atomic E-state index is 0.331. The van der Waals surface area contributed by atoms with E-state index >= 15 is 0 Å². The Labute approximate surface area is 160 Å². The first kappa shape index (κ1) is 20.3. The normalized spacial score (nSPS) is 12.0. The molecule has 0 saturated carbocycles. The summed E-state index contributed by atoms with van der Waals surface area (Å²) in [6.07, 6.45) is 1.44. The van der Waals surface area contributed by atoms with E-state index < -0.39 is 12.1 Å². The standard InChI is InChI=1S/C23H24O4/c1-3-26-22(23(24)25)17-20-11-13-21(14-12-20)27-16-15-18(2)9-10-19-7-5-4-6-8-19/h4-8,11-15,22H,3,16-17H2,1-2H3,(H,24,25)/b18-15-. The topological polar surface area (TPSA) is 55.8 Å². The van der Waals surface area contributed by atoms with Crippen molar-refractivity contribution in [1.82, 2.24) is 0 Å². The SMILES string of the molecule is CCOC(Cc1ccc(OC/C=C(/C)C#Cc2ccccc2)cc1)C(=O)O. The molecule has 0 spiro atoms. The molecular weight excluding hydrogens is 340 g/mol. The van der Waals surface area contributed by atoms with Gasteiger partial charge in [0.1, 0.15) is 12.4 Å². The Kier molecular flexibility index (Phi) is 8.15. The zero-order valence-corrected chi connectivity index (χ0v) is 15.6. The first-order valence-electron chi connectivity index (χ1n) is 8.88. The second kappa shape index (κ2) is 10.8. The summed E-state index contributed by atoms with van der Waals surface area (Å²) in [6.45, 7) is 4.52. The molecule has 1 N–H and O–H groups in total. The van der Waals surface area contributed by atoms with Crippen LogP contribution in [0.2, 0.25) is 0 Å². The maximum Gasteiger partial charge on any atom is 0.333 e. The second-order valence-electron chi connectivity index (χ2n) is 5.94. The average Bonchev–Trinajstić information content (AvgIpc) is 2.68. The van der Waals surface area contributed by atoms with Crippen LogP contribution in [0.1, 0.15) is 25.0 Å². The van der Waals surface area contributed by atoms with Crippen LogP contribution in [0.3, 0.4) is 0 Å². The Hall–Kier alpha value is -3.03. The predicted octanol–water partition coefficient (Wildman–Crippen LogP) is 4.10. The van der Waals surface area contributed by atoms with Crippen molar-refractivity contribution in [3.63, 3.8) is 0 Å². The van der Waals surface area contributed by atoms with Crippen molar-refractivity contribution >= 4 is 5.97 Å². The van der Waals surface area contributed by atoms with Crippen molar-refractivity contribution in [2.75, 3.05) is 13.2 Å². The summed E-state index contributed by atoms with van der Waals surface area (Å²) in [7, 11) is 0. The molecule has 1 unspecified atom stereocenters. The zero-order chi connectivity index (χ0) is 19.5. The third-order valence-electron chi connectivity index (χ3n) is 3.81. The fourth-order valence-electron chi connectivity index (χ4n) is 2.36. The first-order chi connectivity index (χ1) is 13.1. The van der Waals surface area contributed by atoms with Gasteiger partial charge in [-0.3, -0.25) is 0 Å². The third kappa shape index (κ3) is 7.39. The fraction of sp³-hybridized carbons (Fsp3) is 0.261. The lowest BCUT2D eigenvalue weighted by Gasteiger charge is -2.12. The molecule has 4 nitrogen and oxygen atoms in total. The number of hydrogen-bond donors (Lipinski definition) is 1. The number of hydrogen-bond acceptors (Lipinski definition) is 3. The molecule has 0 amide bonds. The Morgan fingerprint density at radius 1 is 1.15 bits per heavy atom.